The van der Waals surface area contributed by atoms with Gasteiger partial charge in [-0.3, -0.25) is 9.58 Å². The van der Waals surface area contributed by atoms with Gasteiger partial charge in [0.1, 0.15) is 23.7 Å². The van der Waals surface area contributed by atoms with E-state index in [0.717, 1.165) is 44.0 Å². The molecule has 2 aromatic rings. The minimum Gasteiger partial charge on any atom is -0.491 e. The zero-order chi connectivity index (χ0) is 16.7. The summed E-state index contributed by atoms with van der Waals surface area (Å²) in [7, 11) is 1.95. The summed E-state index contributed by atoms with van der Waals surface area (Å²) in [5.74, 6) is 1.96. The lowest BCUT2D eigenvalue weighted by Crippen LogP contribution is -2.32. The number of aromatic nitrogens is 2. The van der Waals surface area contributed by atoms with Crippen LogP contribution in [0.4, 0.5) is 0 Å². The summed E-state index contributed by atoms with van der Waals surface area (Å²) in [6.45, 7) is 7.06. The summed E-state index contributed by atoms with van der Waals surface area (Å²) >= 11 is 0. The van der Waals surface area contributed by atoms with Crippen molar-refractivity contribution in [2.45, 2.75) is 44.9 Å². The van der Waals surface area contributed by atoms with Gasteiger partial charge in [-0.2, -0.15) is 5.10 Å². The van der Waals surface area contributed by atoms with Crippen LogP contribution in [0.1, 0.15) is 31.4 Å². The molecule has 1 fully saturated rings. The summed E-state index contributed by atoms with van der Waals surface area (Å²) in [6.07, 6.45) is 6.05. The maximum Gasteiger partial charge on any atom is 0.127 e. The fraction of sp³-hybridized carbons (Fsp3) is 0.526. The van der Waals surface area contributed by atoms with Crippen LogP contribution in [0.3, 0.4) is 0 Å². The van der Waals surface area contributed by atoms with Crippen molar-refractivity contribution in [2.24, 2.45) is 7.05 Å². The summed E-state index contributed by atoms with van der Waals surface area (Å²) in [4.78, 5) is 2.41. The molecule has 128 valence electrons. The fourth-order valence-corrected chi connectivity index (χ4v) is 3.35. The van der Waals surface area contributed by atoms with Gasteiger partial charge >= 0.3 is 0 Å². The third-order valence-electron chi connectivity index (χ3n) is 4.86. The molecule has 0 bridgehead atoms. The Bertz CT molecular complexity index is 738. The van der Waals surface area contributed by atoms with Gasteiger partial charge in [-0.15, -0.1) is 0 Å². The highest BCUT2D eigenvalue weighted by Crippen LogP contribution is 2.38. The van der Waals surface area contributed by atoms with E-state index in [2.05, 4.69) is 42.2 Å². The Kier molecular flexibility index (Phi) is 3.76. The second-order valence-electron chi connectivity index (χ2n) is 7.51. The number of fused-ring (bicyclic) bond motifs is 1. The largest absolute Gasteiger partial charge is 0.491 e. The average Bonchev–Trinajstić information content (AvgIpc) is 3.14. The third kappa shape index (κ3) is 3.26. The molecule has 0 radical (unpaired) electrons. The van der Waals surface area contributed by atoms with Crippen LogP contribution in [-0.2, 0) is 20.0 Å². The summed E-state index contributed by atoms with van der Waals surface area (Å²) in [6, 6.07) is 6.64. The quantitative estimate of drug-likeness (QED) is 0.792. The van der Waals surface area contributed by atoms with E-state index < -0.39 is 0 Å². The normalized spacial score (nSPS) is 24.1. The average molecular weight is 327 g/mol. The molecule has 1 aromatic heterocycles. The molecular formula is C19H25N3O2. The van der Waals surface area contributed by atoms with Crippen LogP contribution in [0.2, 0.25) is 0 Å². The number of benzene rings is 1. The lowest BCUT2D eigenvalue weighted by Gasteiger charge is -2.33. The van der Waals surface area contributed by atoms with Crippen LogP contribution in [0.5, 0.6) is 11.5 Å². The van der Waals surface area contributed by atoms with Gasteiger partial charge in [-0.1, -0.05) is 6.07 Å². The van der Waals surface area contributed by atoms with Crippen molar-refractivity contribution in [3.8, 4) is 11.5 Å². The van der Waals surface area contributed by atoms with Crippen LogP contribution < -0.4 is 9.47 Å². The van der Waals surface area contributed by atoms with Crippen molar-refractivity contribution in [1.29, 1.82) is 0 Å². The number of hydrogen-bond acceptors (Lipinski definition) is 4. The van der Waals surface area contributed by atoms with Crippen LogP contribution in [-0.4, -0.2) is 39.5 Å². The molecule has 0 N–H and O–H groups in total. The van der Waals surface area contributed by atoms with Crippen LogP contribution in [0.15, 0.2) is 30.6 Å². The lowest BCUT2D eigenvalue weighted by molar-refractivity contribution is 0.0832. The smallest absolute Gasteiger partial charge is 0.127 e. The first-order valence-electron chi connectivity index (χ1n) is 8.65. The highest BCUT2D eigenvalue weighted by atomic mass is 16.5. The predicted octanol–water partition coefficient (Wildman–Crippen LogP) is 2.79. The Morgan fingerprint density at radius 1 is 1.38 bits per heavy atom. The number of hydrogen-bond donors (Lipinski definition) is 0. The number of aryl methyl sites for hydroxylation is 1. The van der Waals surface area contributed by atoms with Crippen molar-refractivity contribution in [3.05, 3.63) is 41.7 Å². The lowest BCUT2D eigenvalue weighted by atomic mass is 9.94. The van der Waals surface area contributed by atoms with E-state index in [9.17, 15) is 0 Å². The molecule has 1 saturated heterocycles. The number of nitrogens with zero attached hydrogens (tertiary/aromatic N) is 3. The van der Waals surface area contributed by atoms with Gasteiger partial charge in [-0.05, 0) is 38.8 Å². The Hall–Kier alpha value is -2.01. The Morgan fingerprint density at radius 3 is 3.04 bits per heavy atom. The minimum atomic E-state index is -0.0807. The molecular weight excluding hydrogens is 302 g/mol. The summed E-state index contributed by atoms with van der Waals surface area (Å²) in [5.41, 5.74) is 2.40. The molecule has 0 aliphatic carbocycles. The molecule has 0 amide bonds. The van der Waals surface area contributed by atoms with Gasteiger partial charge in [0, 0.05) is 37.5 Å². The van der Waals surface area contributed by atoms with Crippen LogP contribution in [0.25, 0.3) is 0 Å². The monoisotopic (exact) mass is 327 g/mol. The van der Waals surface area contributed by atoms with Gasteiger partial charge in [0.15, 0.2) is 0 Å². The molecule has 2 atom stereocenters. The molecule has 2 aliphatic rings. The number of rotatable bonds is 5. The molecule has 5 heteroatoms. The molecule has 0 saturated carbocycles. The van der Waals surface area contributed by atoms with Gasteiger partial charge in [0.25, 0.3) is 0 Å². The van der Waals surface area contributed by atoms with E-state index in [4.69, 9.17) is 9.47 Å². The van der Waals surface area contributed by atoms with Gasteiger partial charge in [-0.25, -0.2) is 0 Å². The molecule has 24 heavy (non-hydrogen) atoms. The molecule has 1 aromatic carbocycles. The maximum atomic E-state index is 6.13. The standard InChI is InChI=1S/C19H25N3O2/c1-19(2)8-7-16-17(5-4-6-18(16)24-19)23-13-15-12-22(15)11-14-9-20-21(3)10-14/h4-6,9-10,15H,7-8,11-13H2,1-3H3. The van der Waals surface area contributed by atoms with E-state index in [-0.39, 0.29) is 5.60 Å². The van der Waals surface area contributed by atoms with E-state index in [1.54, 1.807) is 0 Å². The SMILES string of the molecule is Cn1cc(CN2CC2COc2cccc3c2CCC(C)(C)O3)cn1. The van der Waals surface area contributed by atoms with Crippen LogP contribution >= 0.6 is 0 Å². The number of ether oxygens (including phenoxy) is 2. The second-order valence-corrected chi connectivity index (χ2v) is 7.51. The Balaban J connectivity index is 1.34. The zero-order valence-electron chi connectivity index (χ0n) is 14.7. The van der Waals surface area contributed by atoms with E-state index in [0.29, 0.717) is 6.04 Å². The van der Waals surface area contributed by atoms with E-state index >= 15 is 0 Å². The van der Waals surface area contributed by atoms with E-state index in [1.807, 2.05) is 24.0 Å². The molecule has 4 rings (SSSR count). The van der Waals surface area contributed by atoms with E-state index in [1.165, 1.54) is 11.1 Å². The molecule has 2 unspecified atom stereocenters. The second kappa shape index (κ2) is 5.81. The molecule has 0 spiro atoms. The van der Waals surface area contributed by atoms with Crippen molar-refractivity contribution in [2.75, 3.05) is 13.2 Å². The van der Waals surface area contributed by atoms with Gasteiger partial charge in [0.05, 0.1) is 12.2 Å². The Morgan fingerprint density at radius 2 is 2.25 bits per heavy atom. The fourth-order valence-electron chi connectivity index (χ4n) is 3.35. The highest BCUT2D eigenvalue weighted by Gasteiger charge is 2.35. The minimum absolute atomic E-state index is 0.0807. The van der Waals surface area contributed by atoms with Crippen molar-refractivity contribution in [1.82, 2.24) is 14.7 Å². The van der Waals surface area contributed by atoms with Crippen molar-refractivity contribution < 1.29 is 9.47 Å². The predicted molar refractivity (Wildman–Crippen MR) is 92.4 cm³/mol. The van der Waals surface area contributed by atoms with Gasteiger partial charge < -0.3 is 9.47 Å². The zero-order valence-corrected chi connectivity index (χ0v) is 14.7. The molecule has 3 heterocycles. The van der Waals surface area contributed by atoms with Crippen molar-refractivity contribution in [3.63, 3.8) is 0 Å². The molecule has 5 nitrogen and oxygen atoms in total. The summed E-state index contributed by atoms with van der Waals surface area (Å²) < 4.78 is 14.1. The molecule has 2 aliphatic heterocycles. The topological polar surface area (TPSA) is 39.3 Å². The highest BCUT2D eigenvalue weighted by molar-refractivity contribution is 5.46. The first-order chi connectivity index (χ1) is 11.5. The van der Waals surface area contributed by atoms with Crippen LogP contribution in [0, 0.1) is 0 Å². The first-order valence-corrected chi connectivity index (χ1v) is 8.65. The summed E-state index contributed by atoms with van der Waals surface area (Å²) in [5, 5.41) is 4.22. The first kappa shape index (κ1) is 15.5. The third-order valence-corrected chi connectivity index (χ3v) is 4.86. The van der Waals surface area contributed by atoms with Crippen molar-refractivity contribution >= 4 is 0 Å². The van der Waals surface area contributed by atoms with Gasteiger partial charge in [0.2, 0.25) is 0 Å². The Labute approximate surface area is 143 Å². The maximum absolute atomic E-state index is 6.13.